The second-order valence-electron chi connectivity index (χ2n) is 6.68. The van der Waals surface area contributed by atoms with Gasteiger partial charge in [-0.3, -0.25) is 0 Å². The predicted octanol–water partition coefficient (Wildman–Crippen LogP) is 2.80. The molecule has 1 heterocycles. The van der Waals surface area contributed by atoms with E-state index in [1.54, 1.807) is 0 Å². The van der Waals surface area contributed by atoms with Crippen LogP contribution in [0.2, 0.25) is 0 Å². The molecule has 1 aromatic rings. The van der Waals surface area contributed by atoms with Gasteiger partial charge in [-0.2, -0.15) is 0 Å². The Labute approximate surface area is 152 Å². The van der Waals surface area contributed by atoms with Gasteiger partial charge in [0, 0.05) is 25.7 Å². The number of nitrogens with zero attached hydrogens (tertiary/aromatic N) is 2. The Kier molecular flexibility index (Phi) is 8.60. The van der Waals surface area contributed by atoms with E-state index in [1.807, 2.05) is 12.1 Å². The quantitative estimate of drug-likeness (QED) is 0.432. The fourth-order valence-corrected chi connectivity index (χ4v) is 3.09. The molecule has 0 bridgehead atoms. The summed E-state index contributed by atoms with van der Waals surface area (Å²) in [6.45, 7) is 12.1. The Balaban J connectivity index is 1.73. The van der Waals surface area contributed by atoms with Crippen molar-refractivity contribution in [1.29, 1.82) is 0 Å². The largest absolute Gasteiger partial charge is 0.492 e. The van der Waals surface area contributed by atoms with Gasteiger partial charge < -0.3 is 20.3 Å². The Morgan fingerprint density at radius 1 is 1.20 bits per heavy atom. The van der Waals surface area contributed by atoms with E-state index in [9.17, 15) is 0 Å². The molecule has 140 valence electrons. The minimum absolute atomic E-state index is 0.518. The first-order valence-corrected chi connectivity index (χ1v) is 9.68. The summed E-state index contributed by atoms with van der Waals surface area (Å²) in [6.07, 6.45) is 3.61. The summed E-state index contributed by atoms with van der Waals surface area (Å²) in [7, 11) is 0. The first-order valence-electron chi connectivity index (χ1n) is 9.68. The van der Waals surface area contributed by atoms with Crippen molar-refractivity contribution in [3.8, 4) is 5.75 Å². The van der Waals surface area contributed by atoms with E-state index in [0.29, 0.717) is 19.2 Å². The van der Waals surface area contributed by atoms with Crippen molar-refractivity contribution in [3.63, 3.8) is 0 Å². The lowest BCUT2D eigenvalue weighted by molar-refractivity contribution is 0.206. The van der Waals surface area contributed by atoms with Gasteiger partial charge in [-0.1, -0.05) is 24.6 Å². The van der Waals surface area contributed by atoms with Gasteiger partial charge >= 0.3 is 0 Å². The molecule has 0 aromatic heterocycles. The lowest BCUT2D eigenvalue weighted by Crippen LogP contribution is -2.48. The topological polar surface area (TPSA) is 48.9 Å². The molecule has 0 amide bonds. The summed E-state index contributed by atoms with van der Waals surface area (Å²) in [5.74, 6) is 1.81. The van der Waals surface area contributed by atoms with Crippen LogP contribution in [0.3, 0.4) is 0 Å². The first-order chi connectivity index (χ1) is 12.2. The van der Waals surface area contributed by atoms with Gasteiger partial charge in [0.1, 0.15) is 12.4 Å². The molecule has 1 aliphatic rings. The van der Waals surface area contributed by atoms with E-state index in [2.05, 4.69) is 53.4 Å². The molecule has 0 radical (unpaired) electrons. The van der Waals surface area contributed by atoms with Crippen molar-refractivity contribution in [3.05, 3.63) is 29.8 Å². The molecule has 2 N–H and O–H groups in total. The number of aryl methyl sites for hydroxylation is 1. The molecule has 2 rings (SSSR count). The van der Waals surface area contributed by atoms with Gasteiger partial charge in [-0.25, -0.2) is 4.99 Å². The van der Waals surface area contributed by atoms with Gasteiger partial charge in [-0.15, -0.1) is 0 Å². The number of nitrogens with one attached hydrogen (secondary N) is 2. The van der Waals surface area contributed by atoms with E-state index in [0.717, 1.165) is 18.3 Å². The number of piperidine rings is 1. The molecular formula is C20H34N4O. The second kappa shape index (κ2) is 11.0. The monoisotopic (exact) mass is 346 g/mol. The van der Waals surface area contributed by atoms with E-state index in [4.69, 9.17) is 4.74 Å². The molecule has 1 aromatic carbocycles. The molecule has 1 aliphatic heterocycles. The number of likely N-dealkylation sites (tertiary alicyclic amines) is 1. The molecule has 0 unspecified atom stereocenters. The molecule has 25 heavy (non-hydrogen) atoms. The maximum Gasteiger partial charge on any atom is 0.191 e. The van der Waals surface area contributed by atoms with Crippen LogP contribution < -0.4 is 15.4 Å². The number of ether oxygens (including phenoxy) is 1. The van der Waals surface area contributed by atoms with Crippen molar-refractivity contribution < 1.29 is 4.74 Å². The van der Waals surface area contributed by atoms with E-state index < -0.39 is 0 Å². The molecule has 5 heteroatoms. The van der Waals surface area contributed by atoms with Crippen LogP contribution in [0.1, 0.15) is 38.7 Å². The maximum absolute atomic E-state index is 5.75. The molecular weight excluding hydrogens is 312 g/mol. The van der Waals surface area contributed by atoms with Crippen molar-refractivity contribution >= 4 is 5.96 Å². The zero-order valence-corrected chi connectivity index (χ0v) is 16.1. The third-order valence-corrected chi connectivity index (χ3v) is 4.46. The van der Waals surface area contributed by atoms with E-state index in [-0.39, 0.29) is 0 Å². The van der Waals surface area contributed by atoms with Crippen molar-refractivity contribution in [2.45, 2.75) is 46.1 Å². The summed E-state index contributed by atoms with van der Waals surface area (Å²) < 4.78 is 5.75. The Morgan fingerprint density at radius 3 is 2.56 bits per heavy atom. The summed E-state index contributed by atoms with van der Waals surface area (Å²) in [5, 5.41) is 6.92. The Morgan fingerprint density at radius 2 is 1.92 bits per heavy atom. The number of hydrogen-bond donors (Lipinski definition) is 2. The smallest absolute Gasteiger partial charge is 0.191 e. The average Bonchev–Trinajstić information content (AvgIpc) is 2.62. The van der Waals surface area contributed by atoms with Crippen LogP contribution in [-0.2, 0) is 0 Å². The predicted molar refractivity (Wildman–Crippen MR) is 106 cm³/mol. The molecule has 0 saturated carbocycles. The molecule has 0 aliphatic carbocycles. The highest BCUT2D eigenvalue weighted by Crippen LogP contribution is 2.11. The molecule has 0 atom stereocenters. The average molecular weight is 347 g/mol. The van der Waals surface area contributed by atoms with Crippen LogP contribution >= 0.6 is 0 Å². The third kappa shape index (κ3) is 7.34. The van der Waals surface area contributed by atoms with Crippen LogP contribution in [0, 0.1) is 6.92 Å². The lowest BCUT2D eigenvalue weighted by atomic mass is 10.1. The summed E-state index contributed by atoms with van der Waals surface area (Å²) >= 11 is 0. The van der Waals surface area contributed by atoms with Gasteiger partial charge in [-0.05, 0) is 51.8 Å². The first kappa shape index (κ1) is 19.6. The van der Waals surface area contributed by atoms with Crippen LogP contribution in [0.4, 0.5) is 0 Å². The number of benzene rings is 1. The fourth-order valence-electron chi connectivity index (χ4n) is 3.09. The zero-order chi connectivity index (χ0) is 17.9. The molecule has 1 saturated heterocycles. The van der Waals surface area contributed by atoms with E-state index in [1.165, 1.54) is 44.5 Å². The second-order valence-corrected chi connectivity index (χ2v) is 6.68. The van der Waals surface area contributed by atoms with Crippen molar-refractivity contribution in [2.24, 2.45) is 4.99 Å². The number of hydrogen-bond acceptors (Lipinski definition) is 3. The number of guanidine groups is 1. The third-order valence-electron chi connectivity index (χ3n) is 4.46. The highest BCUT2D eigenvalue weighted by atomic mass is 16.5. The van der Waals surface area contributed by atoms with Gasteiger partial charge in [0.15, 0.2) is 5.96 Å². The lowest BCUT2D eigenvalue weighted by Gasteiger charge is -2.32. The SMILES string of the molecule is CCCN1CCC(NC(=NCCOc2ccc(C)cc2)NCC)CC1. The standard InChI is InChI=1S/C20H34N4O/c1-4-13-24-14-10-18(11-15-24)23-20(21-5-2)22-12-16-25-19-8-6-17(3)7-9-19/h6-9,18H,4-5,10-16H2,1-3H3,(H2,21,22,23). The van der Waals surface area contributed by atoms with Gasteiger partial charge in [0.2, 0.25) is 0 Å². The normalized spacial score (nSPS) is 16.7. The van der Waals surface area contributed by atoms with Gasteiger partial charge in [0.25, 0.3) is 0 Å². The van der Waals surface area contributed by atoms with Crippen LogP contribution in [-0.4, -0.2) is 56.2 Å². The highest BCUT2D eigenvalue weighted by Gasteiger charge is 2.19. The minimum atomic E-state index is 0.518. The van der Waals surface area contributed by atoms with Gasteiger partial charge in [0.05, 0.1) is 6.54 Å². The molecule has 1 fully saturated rings. The van der Waals surface area contributed by atoms with Crippen LogP contribution in [0.25, 0.3) is 0 Å². The number of aliphatic imine (C=N–C) groups is 1. The summed E-state index contributed by atoms with van der Waals surface area (Å²) in [4.78, 5) is 7.20. The van der Waals surface area contributed by atoms with Crippen LogP contribution in [0.15, 0.2) is 29.3 Å². The Hall–Kier alpha value is -1.75. The minimum Gasteiger partial charge on any atom is -0.492 e. The molecule has 0 spiro atoms. The maximum atomic E-state index is 5.75. The van der Waals surface area contributed by atoms with Crippen molar-refractivity contribution in [2.75, 3.05) is 39.3 Å². The zero-order valence-electron chi connectivity index (χ0n) is 16.1. The summed E-state index contributed by atoms with van der Waals surface area (Å²) in [6, 6.07) is 8.66. The fraction of sp³-hybridized carbons (Fsp3) is 0.650. The summed E-state index contributed by atoms with van der Waals surface area (Å²) in [5.41, 5.74) is 1.24. The molecule has 5 nitrogen and oxygen atoms in total. The highest BCUT2D eigenvalue weighted by molar-refractivity contribution is 5.80. The van der Waals surface area contributed by atoms with Crippen molar-refractivity contribution in [1.82, 2.24) is 15.5 Å². The van der Waals surface area contributed by atoms with E-state index >= 15 is 0 Å². The Bertz CT molecular complexity index is 507. The number of rotatable bonds is 8. The van der Waals surface area contributed by atoms with Crippen LogP contribution in [0.5, 0.6) is 5.75 Å².